The van der Waals surface area contributed by atoms with E-state index >= 15 is 0 Å². The van der Waals surface area contributed by atoms with Crippen molar-refractivity contribution < 1.29 is 4.79 Å². The monoisotopic (exact) mass is 300 g/mol. The Morgan fingerprint density at radius 2 is 1.95 bits per heavy atom. The SMILES string of the molecule is O=C(CC1CCNC1)NCC1(c2ccccc2)CCCCC1. The molecule has 1 saturated heterocycles. The number of carbonyl (C=O) groups is 1. The zero-order chi connectivity index (χ0) is 15.3. The Balaban J connectivity index is 1.62. The fourth-order valence-electron chi connectivity index (χ4n) is 4.08. The number of carbonyl (C=O) groups excluding carboxylic acids is 1. The summed E-state index contributed by atoms with van der Waals surface area (Å²) in [4.78, 5) is 12.3. The summed E-state index contributed by atoms with van der Waals surface area (Å²) in [6, 6.07) is 10.8. The molecule has 1 aromatic carbocycles. The first kappa shape index (κ1) is 15.5. The predicted molar refractivity (Wildman–Crippen MR) is 89.8 cm³/mol. The molecule has 0 radical (unpaired) electrons. The van der Waals surface area contributed by atoms with Crippen LogP contribution in [0.2, 0.25) is 0 Å². The molecule has 120 valence electrons. The largest absolute Gasteiger partial charge is 0.355 e. The van der Waals surface area contributed by atoms with Gasteiger partial charge in [-0.2, -0.15) is 0 Å². The molecule has 1 heterocycles. The lowest BCUT2D eigenvalue weighted by Gasteiger charge is -2.38. The average Bonchev–Trinajstić information content (AvgIpc) is 3.08. The molecule has 0 spiro atoms. The maximum atomic E-state index is 12.3. The summed E-state index contributed by atoms with van der Waals surface area (Å²) in [6.07, 6.45) is 8.09. The van der Waals surface area contributed by atoms with Crippen LogP contribution in [0.3, 0.4) is 0 Å². The van der Waals surface area contributed by atoms with Gasteiger partial charge in [0.2, 0.25) is 5.91 Å². The van der Waals surface area contributed by atoms with Crippen molar-refractivity contribution in [2.45, 2.75) is 50.4 Å². The highest BCUT2D eigenvalue weighted by atomic mass is 16.1. The highest BCUT2D eigenvalue weighted by molar-refractivity contribution is 5.76. The summed E-state index contributed by atoms with van der Waals surface area (Å²) in [7, 11) is 0. The molecular formula is C19H28N2O. The van der Waals surface area contributed by atoms with Crippen LogP contribution in [-0.2, 0) is 10.2 Å². The number of nitrogens with one attached hydrogen (secondary N) is 2. The third-order valence-corrected chi connectivity index (χ3v) is 5.46. The molecule has 1 amide bonds. The summed E-state index contributed by atoms with van der Waals surface area (Å²) in [5, 5.41) is 6.59. The van der Waals surface area contributed by atoms with Crippen LogP contribution in [0, 0.1) is 5.92 Å². The number of hydrogen-bond acceptors (Lipinski definition) is 2. The standard InChI is InChI=1S/C19H28N2O/c22-18(13-16-9-12-20-14-16)21-15-19(10-5-2-6-11-19)17-7-3-1-4-8-17/h1,3-4,7-8,16,20H,2,5-6,9-15H2,(H,21,22). The van der Waals surface area contributed by atoms with Gasteiger partial charge in [-0.05, 0) is 43.8 Å². The van der Waals surface area contributed by atoms with Crippen LogP contribution in [0.15, 0.2) is 30.3 Å². The van der Waals surface area contributed by atoms with Gasteiger partial charge in [-0.3, -0.25) is 4.79 Å². The van der Waals surface area contributed by atoms with E-state index in [4.69, 9.17) is 0 Å². The molecule has 2 aliphatic rings. The normalized spacial score (nSPS) is 24.1. The van der Waals surface area contributed by atoms with Gasteiger partial charge in [-0.25, -0.2) is 0 Å². The Bertz CT molecular complexity index is 473. The Kier molecular flexibility index (Phi) is 5.14. The van der Waals surface area contributed by atoms with Gasteiger partial charge in [-0.15, -0.1) is 0 Å². The number of benzene rings is 1. The molecule has 1 unspecified atom stereocenters. The van der Waals surface area contributed by atoms with E-state index in [0.29, 0.717) is 12.3 Å². The first-order valence-corrected chi connectivity index (χ1v) is 8.81. The third-order valence-electron chi connectivity index (χ3n) is 5.46. The zero-order valence-electron chi connectivity index (χ0n) is 13.4. The molecule has 2 fully saturated rings. The smallest absolute Gasteiger partial charge is 0.220 e. The van der Waals surface area contributed by atoms with Gasteiger partial charge in [0, 0.05) is 18.4 Å². The highest BCUT2D eigenvalue weighted by Crippen LogP contribution is 2.38. The van der Waals surface area contributed by atoms with Crippen molar-refractivity contribution in [1.29, 1.82) is 0 Å². The molecule has 1 atom stereocenters. The van der Waals surface area contributed by atoms with Gasteiger partial charge >= 0.3 is 0 Å². The van der Waals surface area contributed by atoms with Crippen molar-refractivity contribution >= 4 is 5.91 Å². The molecule has 2 N–H and O–H groups in total. The zero-order valence-corrected chi connectivity index (χ0v) is 13.4. The number of amides is 1. The molecule has 1 saturated carbocycles. The summed E-state index contributed by atoms with van der Waals surface area (Å²) >= 11 is 0. The van der Waals surface area contributed by atoms with Crippen molar-refractivity contribution in [2.75, 3.05) is 19.6 Å². The second-order valence-corrected chi connectivity index (χ2v) is 7.05. The maximum absolute atomic E-state index is 12.3. The minimum absolute atomic E-state index is 0.156. The Morgan fingerprint density at radius 1 is 1.18 bits per heavy atom. The van der Waals surface area contributed by atoms with Gasteiger partial charge in [0.15, 0.2) is 0 Å². The van der Waals surface area contributed by atoms with E-state index in [2.05, 4.69) is 41.0 Å². The summed E-state index contributed by atoms with van der Waals surface area (Å²) < 4.78 is 0. The van der Waals surface area contributed by atoms with Crippen LogP contribution in [-0.4, -0.2) is 25.5 Å². The second kappa shape index (κ2) is 7.28. The summed E-state index contributed by atoms with van der Waals surface area (Å²) in [5.74, 6) is 0.758. The van der Waals surface area contributed by atoms with Crippen LogP contribution >= 0.6 is 0 Å². The molecule has 3 nitrogen and oxygen atoms in total. The van der Waals surface area contributed by atoms with Crippen LogP contribution in [0.4, 0.5) is 0 Å². The van der Waals surface area contributed by atoms with Crippen molar-refractivity contribution in [3.63, 3.8) is 0 Å². The van der Waals surface area contributed by atoms with Crippen molar-refractivity contribution in [1.82, 2.24) is 10.6 Å². The van der Waals surface area contributed by atoms with Crippen LogP contribution < -0.4 is 10.6 Å². The lowest BCUT2D eigenvalue weighted by atomic mass is 9.69. The van der Waals surface area contributed by atoms with E-state index in [0.717, 1.165) is 26.1 Å². The first-order valence-electron chi connectivity index (χ1n) is 8.81. The Morgan fingerprint density at radius 3 is 2.64 bits per heavy atom. The highest BCUT2D eigenvalue weighted by Gasteiger charge is 2.34. The minimum Gasteiger partial charge on any atom is -0.355 e. The molecule has 1 aliphatic carbocycles. The molecule has 1 aromatic rings. The van der Waals surface area contributed by atoms with Crippen LogP contribution in [0.5, 0.6) is 0 Å². The molecular weight excluding hydrogens is 272 g/mol. The average molecular weight is 300 g/mol. The van der Waals surface area contributed by atoms with Gasteiger partial charge < -0.3 is 10.6 Å². The van der Waals surface area contributed by atoms with Gasteiger partial charge in [0.25, 0.3) is 0 Å². The lowest BCUT2D eigenvalue weighted by molar-refractivity contribution is -0.122. The fraction of sp³-hybridized carbons (Fsp3) is 0.632. The van der Waals surface area contributed by atoms with Crippen LogP contribution in [0.25, 0.3) is 0 Å². The van der Waals surface area contributed by atoms with E-state index in [1.165, 1.54) is 37.7 Å². The van der Waals surface area contributed by atoms with E-state index in [1.807, 2.05) is 0 Å². The predicted octanol–water partition coefficient (Wildman–Crippen LogP) is 3.00. The molecule has 0 bridgehead atoms. The summed E-state index contributed by atoms with van der Waals surface area (Å²) in [5.41, 5.74) is 1.56. The first-order chi connectivity index (χ1) is 10.8. The quantitative estimate of drug-likeness (QED) is 0.877. The van der Waals surface area contributed by atoms with E-state index < -0.39 is 0 Å². The molecule has 3 rings (SSSR count). The molecule has 22 heavy (non-hydrogen) atoms. The molecule has 3 heteroatoms. The topological polar surface area (TPSA) is 41.1 Å². The number of hydrogen-bond donors (Lipinski definition) is 2. The lowest BCUT2D eigenvalue weighted by Crippen LogP contribution is -2.42. The van der Waals surface area contributed by atoms with Gasteiger partial charge in [0.1, 0.15) is 0 Å². The molecule has 1 aliphatic heterocycles. The Labute approximate surface area is 133 Å². The number of rotatable bonds is 5. The van der Waals surface area contributed by atoms with Crippen molar-refractivity contribution in [2.24, 2.45) is 5.92 Å². The van der Waals surface area contributed by atoms with E-state index in [-0.39, 0.29) is 11.3 Å². The van der Waals surface area contributed by atoms with E-state index in [1.54, 1.807) is 0 Å². The van der Waals surface area contributed by atoms with Crippen molar-refractivity contribution in [3.8, 4) is 0 Å². The third kappa shape index (κ3) is 3.70. The van der Waals surface area contributed by atoms with Crippen LogP contribution in [0.1, 0.15) is 50.5 Å². The van der Waals surface area contributed by atoms with E-state index in [9.17, 15) is 4.79 Å². The van der Waals surface area contributed by atoms with Gasteiger partial charge in [0.05, 0.1) is 0 Å². The van der Waals surface area contributed by atoms with Crippen molar-refractivity contribution in [3.05, 3.63) is 35.9 Å². The Hall–Kier alpha value is -1.35. The fourth-order valence-corrected chi connectivity index (χ4v) is 4.08. The molecule has 0 aromatic heterocycles. The summed E-state index contributed by atoms with van der Waals surface area (Å²) in [6.45, 7) is 2.86. The minimum atomic E-state index is 0.156. The second-order valence-electron chi connectivity index (χ2n) is 7.05. The maximum Gasteiger partial charge on any atom is 0.220 e. The van der Waals surface area contributed by atoms with Gasteiger partial charge in [-0.1, -0.05) is 49.6 Å².